The van der Waals surface area contributed by atoms with E-state index in [0.29, 0.717) is 11.5 Å². The van der Waals surface area contributed by atoms with Crippen molar-refractivity contribution in [2.24, 2.45) is 17.6 Å². The average Bonchev–Trinajstić information content (AvgIpc) is 2.85. The van der Waals surface area contributed by atoms with E-state index in [-0.39, 0.29) is 35.5 Å². The van der Waals surface area contributed by atoms with Crippen molar-refractivity contribution < 1.29 is 27.3 Å². The van der Waals surface area contributed by atoms with E-state index in [4.69, 9.17) is 10.5 Å². The summed E-state index contributed by atoms with van der Waals surface area (Å²) in [5.74, 6) is -1.46. The summed E-state index contributed by atoms with van der Waals surface area (Å²) >= 11 is 0. The zero-order chi connectivity index (χ0) is 17.2. The van der Waals surface area contributed by atoms with Gasteiger partial charge in [-0.05, 0) is 29.9 Å². The molecular formula is C15H14F2N2O4S. The molecule has 2 N–H and O–H groups in total. The molecule has 128 valence electrons. The normalized spacial score (nSPS) is 34.2. The van der Waals surface area contributed by atoms with Gasteiger partial charge in [-0.3, -0.25) is 13.9 Å². The number of amides is 2. The van der Waals surface area contributed by atoms with Gasteiger partial charge in [-0.15, -0.1) is 0 Å². The topological polar surface area (TPSA) is 89.7 Å². The highest BCUT2D eigenvalue weighted by atomic mass is 32.2. The van der Waals surface area contributed by atoms with Gasteiger partial charge in [-0.25, -0.2) is 13.6 Å². The lowest BCUT2D eigenvalue weighted by atomic mass is 10.1. The molecule has 5 atom stereocenters. The van der Waals surface area contributed by atoms with E-state index < -0.39 is 40.5 Å². The fraction of sp³-hybridized carbons (Fsp3) is 0.467. The molecule has 2 saturated heterocycles. The number of carbonyl (C=O) groups excluding carboxylic acids is 2. The van der Waals surface area contributed by atoms with Crippen molar-refractivity contribution in [3.63, 3.8) is 0 Å². The number of benzene rings is 1. The molecule has 3 fully saturated rings. The van der Waals surface area contributed by atoms with Crippen molar-refractivity contribution in [2.45, 2.75) is 12.0 Å². The molecule has 2 unspecified atom stereocenters. The zero-order valence-electron chi connectivity index (χ0n) is 12.4. The third-order valence-electron chi connectivity index (χ3n) is 4.93. The van der Waals surface area contributed by atoms with Gasteiger partial charge >= 0.3 is 6.09 Å². The first-order chi connectivity index (χ1) is 11.4. The number of halogens is 2. The number of primary amides is 1. The Bertz CT molecular complexity index is 750. The maximum Gasteiger partial charge on any atom is 0.415 e. The smallest absolute Gasteiger partial charge is 0.415 e. The molecular weight excluding hydrogens is 342 g/mol. The van der Waals surface area contributed by atoms with Crippen LogP contribution in [0.3, 0.4) is 0 Å². The van der Waals surface area contributed by atoms with E-state index in [2.05, 4.69) is 0 Å². The average molecular weight is 356 g/mol. The number of nitrogens with two attached hydrogens (primary N) is 1. The van der Waals surface area contributed by atoms with E-state index in [1.807, 2.05) is 0 Å². The molecule has 2 amide bonds. The minimum atomic E-state index is -1.14. The van der Waals surface area contributed by atoms with Crippen LogP contribution in [-0.2, 0) is 20.3 Å². The molecule has 2 heterocycles. The number of rotatable bonds is 3. The van der Waals surface area contributed by atoms with Crippen molar-refractivity contribution in [1.29, 1.82) is 0 Å². The van der Waals surface area contributed by atoms with Gasteiger partial charge in [0.1, 0.15) is 11.6 Å². The van der Waals surface area contributed by atoms with Crippen LogP contribution in [0.2, 0.25) is 0 Å². The molecule has 1 aliphatic carbocycles. The summed E-state index contributed by atoms with van der Waals surface area (Å²) in [4.78, 5) is 23.8. The highest BCUT2D eigenvalue weighted by molar-refractivity contribution is 7.85. The van der Waals surface area contributed by atoms with Gasteiger partial charge in [0.15, 0.2) is 6.10 Å². The predicted octanol–water partition coefficient (Wildman–Crippen LogP) is 0.867. The number of hydrogen-bond donors (Lipinski definition) is 1. The Labute approximate surface area is 138 Å². The lowest BCUT2D eigenvalue weighted by Gasteiger charge is -2.15. The SMILES string of the molecule is NC(=O)[C@H]1CN(c2cc(F)c(C3[C@H]4CS(=O)C[C@@H]34)c(F)c2)C(=O)O1. The Morgan fingerprint density at radius 2 is 1.83 bits per heavy atom. The zero-order valence-corrected chi connectivity index (χ0v) is 13.2. The van der Waals surface area contributed by atoms with E-state index in [0.717, 1.165) is 17.0 Å². The molecule has 2 aliphatic heterocycles. The Balaban J connectivity index is 1.60. The van der Waals surface area contributed by atoms with Crippen LogP contribution in [-0.4, -0.2) is 40.4 Å². The number of cyclic esters (lactones) is 1. The van der Waals surface area contributed by atoms with Gasteiger partial charge in [0, 0.05) is 27.9 Å². The molecule has 6 nitrogen and oxygen atoms in total. The van der Waals surface area contributed by atoms with Crippen LogP contribution >= 0.6 is 0 Å². The Hall–Kier alpha value is -2.03. The fourth-order valence-corrected chi connectivity index (χ4v) is 5.60. The van der Waals surface area contributed by atoms with Crippen molar-refractivity contribution in [3.05, 3.63) is 29.3 Å². The van der Waals surface area contributed by atoms with E-state index in [1.54, 1.807) is 0 Å². The van der Waals surface area contributed by atoms with Gasteiger partial charge < -0.3 is 10.5 Å². The second kappa shape index (κ2) is 5.23. The van der Waals surface area contributed by atoms with Crippen LogP contribution in [0.5, 0.6) is 0 Å². The maximum atomic E-state index is 14.5. The number of fused-ring (bicyclic) bond motifs is 1. The number of nitrogens with zero attached hydrogens (tertiary/aromatic N) is 1. The molecule has 3 aliphatic rings. The quantitative estimate of drug-likeness (QED) is 0.870. The van der Waals surface area contributed by atoms with E-state index in [1.165, 1.54) is 0 Å². The van der Waals surface area contributed by atoms with Gasteiger partial charge in [0.25, 0.3) is 5.91 Å². The molecule has 0 bridgehead atoms. The van der Waals surface area contributed by atoms with Gasteiger partial charge in [0.2, 0.25) is 0 Å². The second-order valence-electron chi connectivity index (χ2n) is 6.34. The summed E-state index contributed by atoms with van der Waals surface area (Å²) < 4.78 is 45.1. The first-order valence-electron chi connectivity index (χ1n) is 7.48. The van der Waals surface area contributed by atoms with Crippen LogP contribution in [0.15, 0.2) is 12.1 Å². The highest BCUT2D eigenvalue weighted by Crippen LogP contribution is 2.59. The largest absolute Gasteiger partial charge is 0.434 e. The van der Waals surface area contributed by atoms with Crippen molar-refractivity contribution in [1.82, 2.24) is 0 Å². The number of ether oxygens (including phenoxy) is 1. The number of anilines is 1. The van der Waals surface area contributed by atoms with Gasteiger partial charge in [-0.2, -0.15) is 0 Å². The van der Waals surface area contributed by atoms with Crippen LogP contribution in [0.1, 0.15) is 11.5 Å². The Morgan fingerprint density at radius 1 is 1.25 bits per heavy atom. The monoisotopic (exact) mass is 356 g/mol. The Kier molecular flexibility index (Phi) is 3.38. The third kappa shape index (κ3) is 2.29. The first kappa shape index (κ1) is 15.5. The van der Waals surface area contributed by atoms with E-state index >= 15 is 0 Å². The highest BCUT2D eigenvalue weighted by Gasteiger charge is 2.58. The fourth-order valence-electron chi connectivity index (χ4n) is 3.69. The van der Waals surface area contributed by atoms with Crippen LogP contribution in [0, 0.1) is 23.5 Å². The third-order valence-corrected chi connectivity index (χ3v) is 6.44. The summed E-state index contributed by atoms with van der Waals surface area (Å²) in [6.45, 7) is -0.181. The van der Waals surface area contributed by atoms with Crippen molar-refractivity contribution in [3.8, 4) is 0 Å². The lowest BCUT2D eigenvalue weighted by Crippen LogP contribution is -2.32. The molecule has 0 aromatic heterocycles. The summed E-state index contributed by atoms with van der Waals surface area (Å²) in [5, 5.41) is 0. The van der Waals surface area contributed by atoms with Gasteiger partial charge in [-0.1, -0.05) is 0 Å². The maximum absolute atomic E-state index is 14.5. The summed E-state index contributed by atoms with van der Waals surface area (Å²) in [6.07, 6.45) is -2.01. The molecule has 4 rings (SSSR count). The van der Waals surface area contributed by atoms with Crippen molar-refractivity contribution >= 4 is 28.5 Å². The molecule has 1 aromatic carbocycles. The minimum absolute atomic E-state index is 0.00975. The van der Waals surface area contributed by atoms with Crippen LogP contribution < -0.4 is 10.6 Å². The molecule has 24 heavy (non-hydrogen) atoms. The molecule has 9 heteroatoms. The molecule has 0 spiro atoms. The molecule has 1 aromatic rings. The molecule has 0 radical (unpaired) electrons. The van der Waals surface area contributed by atoms with E-state index in [9.17, 15) is 22.6 Å². The summed E-state index contributed by atoms with van der Waals surface area (Å²) in [5.41, 5.74) is 5.05. The lowest BCUT2D eigenvalue weighted by molar-refractivity contribution is -0.124. The number of carbonyl (C=O) groups is 2. The standard InChI is InChI=1S/C15H14F2N2O4S/c16-9-1-6(19-3-11(14(18)20)23-15(19)21)2-10(17)13(9)12-7-4-24(22)5-8(7)12/h1-2,7-8,11-12H,3-5H2,(H2,18,20)/t7-,8+,11-,12?,24?/m1/s1. The van der Waals surface area contributed by atoms with Crippen LogP contribution in [0.25, 0.3) is 0 Å². The van der Waals surface area contributed by atoms with Crippen LogP contribution in [0.4, 0.5) is 19.3 Å². The summed E-state index contributed by atoms with van der Waals surface area (Å²) in [6, 6.07) is 2.13. The molecule has 1 saturated carbocycles. The van der Waals surface area contributed by atoms with Gasteiger partial charge in [0.05, 0.1) is 12.2 Å². The van der Waals surface area contributed by atoms with Crippen molar-refractivity contribution in [2.75, 3.05) is 23.0 Å². The first-order valence-corrected chi connectivity index (χ1v) is 8.97. The predicted molar refractivity (Wildman–Crippen MR) is 80.8 cm³/mol. The summed E-state index contributed by atoms with van der Waals surface area (Å²) in [7, 11) is -0.889. The Morgan fingerprint density at radius 3 is 2.33 bits per heavy atom. The minimum Gasteiger partial charge on any atom is -0.434 e. The second-order valence-corrected chi connectivity index (χ2v) is 7.88. The number of hydrogen-bond acceptors (Lipinski definition) is 4.